The molecule has 0 unspecified atom stereocenters. The Morgan fingerprint density at radius 3 is 1.57 bits per heavy atom. The third-order valence-corrected chi connectivity index (χ3v) is 1.51. The average Bonchev–Trinajstić information content (AvgIpc) is 2.22. The minimum absolute atomic E-state index is 0.0161. The quantitative estimate of drug-likeness (QED) is 0.406. The van der Waals surface area contributed by atoms with E-state index in [1.54, 1.807) is 0 Å². The molecule has 0 fully saturated rings. The number of esters is 2. The van der Waals surface area contributed by atoms with Gasteiger partial charge in [-0.1, -0.05) is 11.8 Å². The summed E-state index contributed by atoms with van der Waals surface area (Å²) in [5.74, 6) is 4.18. The fraction of sp³-hybridized carbons (Fsp3) is 0.500. The van der Waals surface area contributed by atoms with E-state index in [9.17, 15) is 9.59 Å². The lowest BCUT2D eigenvalue weighted by Crippen LogP contribution is -2.07. The van der Waals surface area contributed by atoms with Crippen LogP contribution in [-0.4, -0.2) is 36.7 Å². The smallest absolute Gasteiger partial charge is 0.316 e. The minimum atomic E-state index is -0.435. The number of hydrogen-bond acceptors (Lipinski definition) is 6. The first-order chi connectivity index (χ1) is 6.70. The summed E-state index contributed by atoms with van der Waals surface area (Å²) in [5, 5.41) is 0. The standard InChI is InChI=1S/C8H10O4S2/c9-7(5-13)11-3-1-2-4-12-8(10)6-14/h13-14H,3-6H2. The largest absolute Gasteiger partial charge is 0.452 e. The number of carbonyl (C=O) groups excluding carboxylic acids is 2. The van der Waals surface area contributed by atoms with Gasteiger partial charge in [0.15, 0.2) is 13.2 Å². The molecular weight excluding hydrogens is 224 g/mol. The summed E-state index contributed by atoms with van der Waals surface area (Å²) < 4.78 is 9.16. The van der Waals surface area contributed by atoms with Gasteiger partial charge in [0.2, 0.25) is 0 Å². The molecule has 0 aromatic carbocycles. The summed E-state index contributed by atoms with van der Waals surface area (Å²) in [4.78, 5) is 21.1. The summed E-state index contributed by atoms with van der Waals surface area (Å²) >= 11 is 7.40. The van der Waals surface area contributed by atoms with E-state index in [2.05, 4.69) is 46.6 Å². The van der Waals surface area contributed by atoms with E-state index in [0.29, 0.717) is 0 Å². The molecule has 0 saturated heterocycles. The maximum Gasteiger partial charge on any atom is 0.316 e. The third kappa shape index (κ3) is 7.83. The second kappa shape index (κ2) is 8.78. The number of ether oxygens (including phenoxy) is 2. The van der Waals surface area contributed by atoms with Gasteiger partial charge in [0, 0.05) is 0 Å². The molecule has 0 spiro atoms. The summed E-state index contributed by atoms with van der Waals surface area (Å²) in [6, 6.07) is 0. The fourth-order valence-corrected chi connectivity index (χ4v) is 0.609. The molecule has 6 heteroatoms. The van der Waals surface area contributed by atoms with Crippen molar-refractivity contribution in [3.8, 4) is 11.8 Å². The van der Waals surface area contributed by atoms with Crippen molar-refractivity contribution in [2.45, 2.75) is 0 Å². The highest BCUT2D eigenvalue weighted by Crippen LogP contribution is 1.82. The zero-order valence-electron chi connectivity index (χ0n) is 7.36. The average molecular weight is 234 g/mol. The second-order valence-corrected chi connectivity index (χ2v) is 2.62. The lowest BCUT2D eigenvalue weighted by molar-refractivity contribution is -0.140. The molecule has 0 aliphatic carbocycles. The van der Waals surface area contributed by atoms with E-state index in [-0.39, 0.29) is 24.7 Å². The molecule has 0 N–H and O–H groups in total. The van der Waals surface area contributed by atoms with E-state index in [4.69, 9.17) is 0 Å². The van der Waals surface area contributed by atoms with Gasteiger partial charge in [-0.05, 0) is 0 Å². The maximum absolute atomic E-state index is 10.5. The monoisotopic (exact) mass is 234 g/mol. The van der Waals surface area contributed by atoms with Crippen LogP contribution in [0.2, 0.25) is 0 Å². The Kier molecular flexibility index (Phi) is 8.28. The molecule has 14 heavy (non-hydrogen) atoms. The summed E-state index contributed by atoms with van der Waals surface area (Å²) in [6.07, 6.45) is 0. The van der Waals surface area contributed by atoms with E-state index >= 15 is 0 Å². The predicted molar refractivity (Wildman–Crippen MR) is 57.4 cm³/mol. The number of carbonyl (C=O) groups is 2. The Morgan fingerprint density at radius 2 is 1.29 bits per heavy atom. The van der Waals surface area contributed by atoms with Crippen molar-refractivity contribution in [2.75, 3.05) is 24.7 Å². The van der Waals surface area contributed by atoms with E-state index in [1.807, 2.05) is 0 Å². The molecule has 0 heterocycles. The van der Waals surface area contributed by atoms with Crippen LogP contribution in [0.1, 0.15) is 0 Å². The van der Waals surface area contributed by atoms with Crippen LogP contribution >= 0.6 is 25.3 Å². The molecule has 0 aliphatic rings. The Bertz CT molecular complexity index is 230. The van der Waals surface area contributed by atoms with Crippen molar-refractivity contribution in [2.24, 2.45) is 0 Å². The number of rotatable bonds is 4. The maximum atomic E-state index is 10.5. The van der Waals surface area contributed by atoms with Crippen LogP contribution < -0.4 is 0 Å². The van der Waals surface area contributed by atoms with E-state index < -0.39 is 11.9 Å². The number of hydrogen-bond donors (Lipinski definition) is 2. The van der Waals surface area contributed by atoms with Crippen LogP contribution in [0.3, 0.4) is 0 Å². The zero-order chi connectivity index (χ0) is 10.8. The third-order valence-electron chi connectivity index (χ3n) is 0.994. The predicted octanol–water partition coefficient (Wildman–Crippen LogP) is -0.0642. The van der Waals surface area contributed by atoms with Crippen molar-refractivity contribution >= 4 is 37.2 Å². The first-order valence-electron chi connectivity index (χ1n) is 3.69. The van der Waals surface area contributed by atoms with E-state index in [0.717, 1.165) is 0 Å². The van der Waals surface area contributed by atoms with Crippen LogP contribution in [0.4, 0.5) is 0 Å². The molecule has 0 amide bonds. The summed E-state index contributed by atoms with van der Waals surface area (Å²) in [6.45, 7) is -0.0321. The summed E-state index contributed by atoms with van der Waals surface area (Å²) in [5.41, 5.74) is 0. The van der Waals surface area contributed by atoms with Gasteiger partial charge in [0.1, 0.15) is 0 Å². The summed E-state index contributed by atoms with van der Waals surface area (Å²) in [7, 11) is 0. The lowest BCUT2D eigenvalue weighted by Gasteiger charge is -1.96. The Hall–Kier alpha value is -0.800. The van der Waals surface area contributed by atoms with Crippen LogP contribution in [0.25, 0.3) is 0 Å². The highest BCUT2D eigenvalue weighted by molar-refractivity contribution is 7.81. The van der Waals surface area contributed by atoms with Crippen LogP contribution in [-0.2, 0) is 19.1 Å². The fourth-order valence-electron chi connectivity index (χ4n) is 0.427. The molecule has 78 valence electrons. The molecule has 0 aromatic rings. The second-order valence-electron chi connectivity index (χ2n) is 1.99. The van der Waals surface area contributed by atoms with Crippen molar-refractivity contribution in [1.29, 1.82) is 0 Å². The minimum Gasteiger partial charge on any atom is -0.452 e. The Balaban J connectivity index is 3.45. The van der Waals surface area contributed by atoms with Gasteiger partial charge < -0.3 is 9.47 Å². The van der Waals surface area contributed by atoms with Gasteiger partial charge in [-0.25, -0.2) is 0 Å². The van der Waals surface area contributed by atoms with Crippen molar-refractivity contribution in [3.63, 3.8) is 0 Å². The first-order valence-corrected chi connectivity index (χ1v) is 4.96. The molecule has 0 aliphatic heterocycles. The van der Waals surface area contributed by atoms with Crippen LogP contribution in [0.15, 0.2) is 0 Å². The number of thiol groups is 2. The van der Waals surface area contributed by atoms with Gasteiger partial charge in [0.05, 0.1) is 11.5 Å². The van der Waals surface area contributed by atoms with Gasteiger partial charge in [-0.3, -0.25) is 9.59 Å². The zero-order valence-corrected chi connectivity index (χ0v) is 9.14. The van der Waals surface area contributed by atoms with Gasteiger partial charge in [-0.2, -0.15) is 25.3 Å². The molecular formula is C8H10O4S2. The van der Waals surface area contributed by atoms with Crippen molar-refractivity contribution < 1.29 is 19.1 Å². The molecule has 0 radical (unpaired) electrons. The molecule has 0 rings (SSSR count). The van der Waals surface area contributed by atoms with E-state index in [1.165, 1.54) is 0 Å². The molecule has 0 aromatic heterocycles. The molecule has 0 saturated carbocycles. The van der Waals surface area contributed by atoms with Crippen LogP contribution in [0, 0.1) is 11.8 Å². The van der Waals surface area contributed by atoms with Gasteiger partial charge in [-0.15, -0.1) is 0 Å². The normalized spacial score (nSPS) is 8.43. The highest BCUT2D eigenvalue weighted by Gasteiger charge is 1.95. The molecule has 0 bridgehead atoms. The van der Waals surface area contributed by atoms with Gasteiger partial charge in [0.25, 0.3) is 0 Å². The molecule has 0 atom stereocenters. The Morgan fingerprint density at radius 1 is 0.929 bits per heavy atom. The SMILES string of the molecule is O=C(CS)OCC#CCOC(=O)CS. The van der Waals surface area contributed by atoms with Gasteiger partial charge >= 0.3 is 11.9 Å². The molecule has 4 nitrogen and oxygen atoms in total. The Labute approximate surface area is 93.2 Å². The van der Waals surface area contributed by atoms with Crippen LogP contribution in [0.5, 0.6) is 0 Å². The highest BCUT2D eigenvalue weighted by atomic mass is 32.1. The van der Waals surface area contributed by atoms with Crippen molar-refractivity contribution in [3.05, 3.63) is 0 Å². The van der Waals surface area contributed by atoms with Crippen molar-refractivity contribution in [1.82, 2.24) is 0 Å². The lowest BCUT2D eigenvalue weighted by atomic mass is 10.6. The topological polar surface area (TPSA) is 52.6 Å². The first kappa shape index (κ1) is 13.2.